The molecule has 0 aliphatic carbocycles. The van der Waals surface area contributed by atoms with Crippen LogP contribution in [0.5, 0.6) is 0 Å². The van der Waals surface area contributed by atoms with Crippen LogP contribution in [0.3, 0.4) is 0 Å². The Balaban J connectivity index is 1.49. The highest BCUT2D eigenvalue weighted by Crippen LogP contribution is 2.32. The summed E-state index contributed by atoms with van der Waals surface area (Å²) in [5, 5.41) is 5.20. The Morgan fingerprint density at radius 1 is 0.871 bits per heavy atom. The first-order valence-corrected chi connectivity index (χ1v) is 10.3. The summed E-state index contributed by atoms with van der Waals surface area (Å²) in [6, 6.07) is 23.6. The van der Waals surface area contributed by atoms with Gasteiger partial charge in [0.05, 0.1) is 0 Å². The van der Waals surface area contributed by atoms with Gasteiger partial charge in [-0.2, -0.15) is 0 Å². The molecule has 1 N–H and O–H groups in total. The monoisotopic (exact) mass is 406 g/mol. The van der Waals surface area contributed by atoms with Crippen LogP contribution in [0, 0.1) is 20.8 Å². The number of nitrogens with one attached hydrogen (secondary N) is 1. The fourth-order valence-corrected chi connectivity index (χ4v) is 4.02. The number of aromatic nitrogens is 1. The molecule has 1 amide bonds. The summed E-state index contributed by atoms with van der Waals surface area (Å²) in [6.45, 7) is 6.05. The van der Waals surface area contributed by atoms with Gasteiger partial charge in [0, 0.05) is 16.8 Å². The van der Waals surface area contributed by atoms with E-state index in [0.717, 1.165) is 49.8 Å². The molecule has 5 aromatic rings. The molecule has 4 nitrogen and oxygen atoms in total. The third-order valence-electron chi connectivity index (χ3n) is 5.64. The van der Waals surface area contributed by atoms with Gasteiger partial charge in [-0.25, -0.2) is 4.98 Å². The van der Waals surface area contributed by atoms with E-state index >= 15 is 0 Å². The first kappa shape index (κ1) is 19.1. The summed E-state index contributed by atoms with van der Waals surface area (Å²) in [6.07, 6.45) is 0. The SMILES string of the molecule is Cc1cc(C)c2oc(-c3cccc(NC(=O)c4ccc5ccccc5c4)c3C)nc2c1. The van der Waals surface area contributed by atoms with Crippen LogP contribution in [0.2, 0.25) is 0 Å². The van der Waals surface area contributed by atoms with Crippen molar-refractivity contribution in [1.29, 1.82) is 0 Å². The van der Waals surface area contributed by atoms with Gasteiger partial charge in [0.1, 0.15) is 5.52 Å². The summed E-state index contributed by atoms with van der Waals surface area (Å²) in [7, 11) is 0. The topological polar surface area (TPSA) is 55.1 Å². The van der Waals surface area contributed by atoms with Crippen molar-refractivity contribution in [2.45, 2.75) is 20.8 Å². The molecule has 0 fully saturated rings. The number of carbonyl (C=O) groups excluding carboxylic acids is 1. The lowest BCUT2D eigenvalue weighted by molar-refractivity contribution is 0.102. The van der Waals surface area contributed by atoms with Gasteiger partial charge in [0.25, 0.3) is 5.91 Å². The third kappa shape index (κ3) is 3.46. The second kappa shape index (κ2) is 7.40. The zero-order valence-electron chi connectivity index (χ0n) is 17.7. The summed E-state index contributed by atoms with van der Waals surface area (Å²) in [5.41, 5.74) is 7.00. The molecule has 0 radical (unpaired) electrons. The van der Waals surface area contributed by atoms with E-state index in [4.69, 9.17) is 9.40 Å². The number of hydrogen-bond acceptors (Lipinski definition) is 3. The van der Waals surface area contributed by atoms with Crippen molar-refractivity contribution in [3.8, 4) is 11.5 Å². The van der Waals surface area contributed by atoms with Crippen molar-refractivity contribution in [3.63, 3.8) is 0 Å². The van der Waals surface area contributed by atoms with Crippen LogP contribution in [0.1, 0.15) is 27.0 Å². The fraction of sp³-hybridized carbons (Fsp3) is 0.111. The van der Waals surface area contributed by atoms with E-state index in [2.05, 4.69) is 18.3 Å². The molecule has 4 heteroatoms. The van der Waals surface area contributed by atoms with Crippen LogP contribution in [0.15, 0.2) is 77.2 Å². The summed E-state index contributed by atoms with van der Waals surface area (Å²) < 4.78 is 6.09. The van der Waals surface area contributed by atoms with E-state index in [1.54, 1.807) is 0 Å². The van der Waals surface area contributed by atoms with Crippen molar-refractivity contribution in [2.24, 2.45) is 0 Å². The van der Waals surface area contributed by atoms with Gasteiger partial charge < -0.3 is 9.73 Å². The number of fused-ring (bicyclic) bond motifs is 2. The van der Waals surface area contributed by atoms with Gasteiger partial charge >= 0.3 is 0 Å². The van der Waals surface area contributed by atoms with Crippen LogP contribution in [-0.4, -0.2) is 10.9 Å². The first-order chi connectivity index (χ1) is 15.0. The molecule has 1 aromatic heterocycles. The average Bonchev–Trinajstić information content (AvgIpc) is 3.19. The lowest BCUT2D eigenvalue weighted by atomic mass is 10.0. The van der Waals surface area contributed by atoms with Gasteiger partial charge in [-0.15, -0.1) is 0 Å². The minimum atomic E-state index is -0.143. The Hall–Kier alpha value is -3.92. The Kier molecular flexibility index (Phi) is 4.55. The van der Waals surface area contributed by atoms with Gasteiger partial charge in [0.2, 0.25) is 5.89 Å². The Morgan fingerprint density at radius 3 is 2.52 bits per heavy atom. The van der Waals surface area contributed by atoms with Gasteiger partial charge in [-0.3, -0.25) is 4.79 Å². The van der Waals surface area contributed by atoms with Crippen molar-refractivity contribution < 1.29 is 9.21 Å². The molecule has 0 saturated carbocycles. The number of rotatable bonds is 3. The van der Waals surface area contributed by atoms with Crippen molar-refractivity contribution in [1.82, 2.24) is 4.98 Å². The third-order valence-corrected chi connectivity index (χ3v) is 5.64. The zero-order valence-corrected chi connectivity index (χ0v) is 17.7. The van der Waals surface area contributed by atoms with E-state index in [0.29, 0.717) is 11.5 Å². The number of oxazole rings is 1. The molecular weight excluding hydrogens is 384 g/mol. The molecule has 0 aliphatic heterocycles. The Morgan fingerprint density at radius 2 is 1.68 bits per heavy atom. The highest BCUT2D eigenvalue weighted by Gasteiger charge is 2.16. The molecule has 0 aliphatic rings. The number of aryl methyl sites for hydroxylation is 2. The van der Waals surface area contributed by atoms with Gasteiger partial charge in [0.15, 0.2) is 5.58 Å². The van der Waals surface area contributed by atoms with E-state index < -0.39 is 0 Å². The second-order valence-electron chi connectivity index (χ2n) is 7.94. The maximum absolute atomic E-state index is 12.9. The molecule has 5 rings (SSSR count). The molecule has 31 heavy (non-hydrogen) atoms. The molecule has 152 valence electrons. The second-order valence-corrected chi connectivity index (χ2v) is 7.94. The molecule has 1 heterocycles. The Bertz CT molecular complexity index is 1460. The Labute approximate surface area is 180 Å². The standard InChI is InChI=1S/C27H22N2O2/c1-16-13-17(2)25-24(14-16)29-27(31-25)22-9-6-10-23(18(22)3)28-26(30)21-12-11-19-7-4-5-8-20(19)15-21/h4-15H,1-3H3,(H,28,30). The van der Waals surface area contributed by atoms with Crippen LogP contribution in [0.25, 0.3) is 33.3 Å². The highest BCUT2D eigenvalue weighted by molar-refractivity contribution is 6.07. The maximum atomic E-state index is 12.9. The summed E-state index contributed by atoms with van der Waals surface area (Å²) in [4.78, 5) is 17.6. The highest BCUT2D eigenvalue weighted by atomic mass is 16.3. The molecule has 0 atom stereocenters. The summed E-state index contributed by atoms with van der Waals surface area (Å²) in [5.74, 6) is 0.415. The quantitative estimate of drug-likeness (QED) is 0.357. The van der Waals surface area contributed by atoms with Crippen LogP contribution in [-0.2, 0) is 0 Å². The largest absolute Gasteiger partial charge is 0.436 e. The normalized spacial score (nSPS) is 11.2. The van der Waals surface area contributed by atoms with Crippen molar-refractivity contribution in [3.05, 3.63) is 95.1 Å². The van der Waals surface area contributed by atoms with Gasteiger partial charge in [-0.1, -0.05) is 42.5 Å². The predicted octanol–water partition coefficient (Wildman–Crippen LogP) is 6.83. The molecule has 0 bridgehead atoms. The zero-order chi connectivity index (χ0) is 21.5. The number of benzene rings is 4. The van der Waals surface area contributed by atoms with Crippen LogP contribution >= 0.6 is 0 Å². The van der Waals surface area contributed by atoms with E-state index in [1.165, 1.54) is 0 Å². The molecular formula is C27H22N2O2. The number of carbonyl (C=O) groups is 1. The van der Waals surface area contributed by atoms with Gasteiger partial charge in [-0.05, 0) is 78.6 Å². The minimum Gasteiger partial charge on any atom is -0.436 e. The minimum absolute atomic E-state index is 0.143. The molecule has 4 aromatic carbocycles. The average molecular weight is 406 g/mol. The fourth-order valence-electron chi connectivity index (χ4n) is 4.02. The molecule has 0 saturated heterocycles. The number of anilines is 1. The van der Waals surface area contributed by atoms with Crippen molar-refractivity contribution >= 4 is 33.5 Å². The smallest absolute Gasteiger partial charge is 0.255 e. The lowest BCUT2D eigenvalue weighted by Crippen LogP contribution is -2.13. The summed E-state index contributed by atoms with van der Waals surface area (Å²) >= 11 is 0. The first-order valence-electron chi connectivity index (χ1n) is 10.3. The van der Waals surface area contributed by atoms with E-state index in [1.807, 2.05) is 80.6 Å². The van der Waals surface area contributed by atoms with E-state index in [9.17, 15) is 4.79 Å². The predicted molar refractivity (Wildman–Crippen MR) is 126 cm³/mol. The number of nitrogens with zero attached hydrogens (tertiary/aromatic N) is 1. The van der Waals surface area contributed by atoms with Crippen LogP contribution < -0.4 is 5.32 Å². The molecule has 0 spiro atoms. The number of amides is 1. The maximum Gasteiger partial charge on any atom is 0.255 e. The number of hydrogen-bond donors (Lipinski definition) is 1. The molecule has 0 unspecified atom stereocenters. The lowest BCUT2D eigenvalue weighted by Gasteiger charge is -2.11. The van der Waals surface area contributed by atoms with Crippen LogP contribution in [0.4, 0.5) is 5.69 Å². The van der Waals surface area contributed by atoms with E-state index in [-0.39, 0.29) is 5.91 Å². The van der Waals surface area contributed by atoms with Crippen molar-refractivity contribution in [2.75, 3.05) is 5.32 Å².